The molecule has 0 heterocycles. The third-order valence-electron chi connectivity index (χ3n) is 8.32. The molecule has 1 aromatic carbocycles. The molecule has 0 fully saturated rings. The van der Waals surface area contributed by atoms with Crippen LogP contribution < -0.4 is 5.32 Å². The lowest BCUT2D eigenvalue weighted by atomic mass is 9.76. The van der Waals surface area contributed by atoms with Gasteiger partial charge in [0.1, 0.15) is 0 Å². The molecule has 0 aliphatic carbocycles. The van der Waals surface area contributed by atoms with Gasteiger partial charge in [0.05, 0.1) is 0 Å². The monoisotopic (exact) mass is 521 g/mol. The van der Waals surface area contributed by atoms with E-state index in [1.54, 1.807) is 0 Å². The van der Waals surface area contributed by atoms with Crippen LogP contribution in [0.2, 0.25) is 0 Å². The van der Waals surface area contributed by atoms with Crippen LogP contribution in [0.3, 0.4) is 0 Å². The Bertz CT molecular complexity index is 933. The number of rotatable bonds is 17. The lowest BCUT2D eigenvalue weighted by molar-refractivity contribution is 0.462. The van der Waals surface area contributed by atoms with Crippen LogP contribution in [0.1, 0.15) is 89.8 Å². The van der Waals surface area contributed by atoms with E-state index in [4.69, 9.17) is 0 Å². The van der Waals surface area contributed by atoms with E-state index in [1.165, 1.54) is 27.8 Å². The molecule has 0 saturated carbocycles. The topological polar surface area (TPSA) is 12.0 Å². The molecule has 1 N–H and O–H groups in total. The van der Waals surface area contributed by atoms with Crippen LogP contribution in [0, 0.1) is 24.7 Å². The predicted molar refractivity (Wildman–Crippen MR) is 172 cm³/mol. The van der Waals surface area contributed by atoms with Crippen molar-refractivity contribution < 1.29 is 0 Å². The lowest BCUT2D eigenvalue weighted by Crippen LogP contribution is -2.29. The van der Waals surface area contributed by atoms with Crippen LogP contribution in [-0.4, -0.2) is 18.9 Å². The summed E-state index contributed by atoms with van der Waals surface area (Å²) < 4.78 is 0. The van der Waals surface area contributed by atoms with Crippen molar-refractivity contribution in [1.29, 1.82) is 0 Å². The molecule has 0 radical (unpaired) electrons. The number of hydrogen-bond donors (Lipinski definition) is 1. The largest absolute Gasteiger partial charge is 0.394 e. The molecule has 1 nitrogen and oxygen atoms in total. The molecular weight excluding hydrogens is 465 g/mol. The molecule has 0 spiro atoms. The Labute approximate surface area is 232 Å². The molecule has 0 aliphatic heterocycles. The van der Waals surface area contributed by atoms with Crippen molar-refractivity contribution in [3.8, 4) is 0 Å². The zero-order valence-electron chi connectivity index (χ0n) is 25.5. The molecule has 5 atom stereocenters. The van der Waals surface area contributed by atoms with Gasteiger partial charge in [0.2, 0.25) is 0 Å². The Kier molecular flexibility index (Phi) is 15.1. The summed E-state index contributed by atoms with van der Waals surface area (Å²) in [6.07, 6.45) is 18.7. The van der Waals surface area contributed by atoms with E-state index in [0.717, 1.165) is 40.7 Å². The van der Waals surface area contributed by atoms with Gasteiger partial charge in [-0.15, -0.1) is 15.2 Å². The molecule has 2 heteroatoms. The minimum atomic E-state index is 0.305. The van der Waals surface area contributed by atoms with Crippen molar-refractivity contribution in [2.75, 3.05) is 13.7 Å². The highest BCUT2D eigenvalue weighted by Crippen LogP contribution is 2.44. The third kappa shape index (κ3) is 9.76. The van der Waals surface area contributed by atoms with E-state index in [9.17, 15) is 0 Å². The summed E-state index contributed by atoms with van der Waals surface area (Å²) in [6.45, 7) is 27.5. The van der Waals surface area contributed by atoms with Gasteiger partial charge >= 0.3 is 0 Å². The maximum absolute atomic E-state index is 4.64. The number of allylic oxidation sites excluding steroid dienone is 7. The van der Waals surface area contributed by atoms with E-state index in [-0.39, 0.29) is 0 Å². The van der Waals surface area contributed by atoms with Gasteiger partial charge in [-0.3, -0.25) is 0 Å². The average molecular weight is 522 g/mol. The predicted octanol–water partition coefficient (Wildman–Crippen LogP) is 10.2. The molecule has 0 aromatic heterocycles. The minimum Gasteiger partial charge on any atom is -0.394 e. The fraction of sp³-hybridized carbons (Fsp3) is 0.543. The fourth-order valence-electron chi connectivity index (χ4n) is 5.56. The van der Waals surface area contributed by atoms with Crippen molar-refractivity contribution in [3.05, 3.63) is 95.8 Å². The molecule has 5 unspecified atom stereocenters. The standard InChI is InChI=1S/C35H56NP/c1-12-29(20-17-16-18-23-36-10)25-30(13-2)33-22-19-21-31(28(33)7)24-26(5)27(6)32(14-3)34(15-4)35(8,9)37-11/h13-14,17-23,26,29-30,34,36-37H,2,6,12,15-16,24-25H2,1,3-5,7-11H3/b20-17-,23-18?,32-14-. The molecule has 37 heavy (non-hydrogen) atoms. The van der Waals surface area contributed by atoms with Gasteiger partial charge in [0, 0.05) is 13.0 Å². The van der Waals surface area contributed by atoms with Crippen LogP contribution in [-0.2, 0) is 6.42 Å². The van der Waals surface area contributed by atoms with Gasteiger partial charge in [0.25, 0.3) is 0 Å². The van der Waals surface area contributed by atoms with Gasteiger partial charge in [0.15, 0.2) is 0 Å². The summed E-state index contributed by atoms with van der Waals surface area (Å²) >= 11 is 0. The number of nitrogens with one attached hydrogen (secondary N) is 1. The summed E-state index contributed by atoms with van der Waals surface area (Å²) in [5, 5.41) is 3.36. The minimum absolute atomic E-state index is 0.305. The van der Waals surface area contributed by atoms with Crippen molar-refractivity contribution >= 4 is 8.58 Å². The summed E-state index contributed by atoms with van der Waals surface area (Å²) in [5.41, 5.74) is 7.08. The van der Waals surface area contributed by atoms with Crippen LogP contribution in [0.15, 0.2) is 79.1 Å². The second-order valence-electron chi connectivity index (χ2n) is 11.0. The molecule has 0 aliphatic rings. The quantitative estimate of drug-likeness (QED) is 0.122. The zero-order chi connectivity index (χ0) is 28.0. The van der Waals surface area contributed by atoms with Gasteiger partial charge in [-0.05, 0) is 110 Å². The first-order chi connectivity index (χ1) is 17.6. The van der Waals surface area contributed by atoms with E-state index < -0.39 is 0 Å². The highest BCUT2D eigenvalue weighted by molar-refractivity contribution is 7.39. The van der Waals surface area contributed by atoms with E-state index in [2.05, 4.69) is 122 Å². The maximum atomic E-state index is 4.64. The van der Waals surface area contributed by atoms with Crippen LogP contribution in [0.4, 0.5) is 0 Å². The summed E-state index contributed by atoms with van der Waals surface area (Å²) in [4.78, 5) is 0. The molecule has 1 rings (SSSR count). The molecule has 206 valence electrons. The van der Waals surface area contributed by atoms with Gasteiger partial charge in [-0.1, -0.05) is 89.8 Å². The van der Waals surface area contributed by atoms with Gasteiger partial charge in [-0.25, -0.2) is 0 Å². The molecular formula is C35H56NP. The van der Waals surface area contributed by atoms with Crippen LogP contribution >= 0.6 is 8.58 Å². The van der Waals surface area contributed by atoms with Crippen molar-refractivity contribution in [3.63, 3.8) is 0 Å². The first-order valence-corrected chi connectivity index (χ1v) is 15.9. The molecule has 0 saturated heterocycles. The Morgan fingerprint density at radius 3 is 2.41 bits per heavy atom. The van der Waals surface area contributed by atoms with E-state index in [0.29, 0.717) is 28.8 Å². The highest BCUT2D eigenvalue weighted by atomic mass is 31.1. The highest BCUT2D eigenvalue weighted by Gasteiger charge is 2.31. The molecule has 0 bridgehead atoms. The second-order valence-corrected chi connectivity index (χ2v) is 12.8. The van der Waals surface area contributed by atoms with Crippen molar-refractivity contribution in [2.24, 2.45) is 17.8 Å². The molecule has 1 aromatic rings. The Hall–Kier alpha value is -1.85. The van der Waals surface area contributed by atoms with E-state index in [1.807, 2.05) is 13.2 Å². The first-order valence-electron chi connectivity index (χ1n) is 14.4. The Morgan fingerprint density at radius 2 is 1.86 bits per heavy atom. The second kappa shape index (κ2) is 16.9. The van der Waals surface area contributed by atoms with Crippen molar-refractivity contribution in [1.82, 2.24) is 5.32 Å². The lowest BCUT2D eigenvalue weighted by Gasteiger charge is -2.37. The Morgan fingerprint density at radius 1 is 1.16 bits per heavy atom. The van der Waals surface area contributed by atoms with Crippen molar-refractivity contribution in [2.45, 2.75) is 91.6 Å². The summed E-state index contributed by atoms with van der Waals surface area (Å²) in [5.74, 6) is 1.88. The average Bonchev–Trinajstić information content (AvgIpc) is 2.89. The number of benzene rings is 1. The normalized spacial score (nSPS) is 16.4. The van der Waals surface area contributed by atoms with Crippen LogP contribution in [0.5, 0.6) is 0 Å². The van der Waals surface area contributed by atoms with Crippen LogP contribution in [0.25, 0.3) is 0 Å². The SMILES string of the molecule is C=CC(CC(/C=C\CC=CNC)CC)c1cccc(CC(C)C(=C)/C(=C/C)C(CC)C(C)(C)PC)c1C. The summed E-state index contributed by atoms with van der Waals surface area (Å²) in [7, 11) is 2.85. The fourth-order valence-corrected chi connectivity index (χ4v) is 6.27. The first kappa shape index (κ1) is 33.2. The van der Waals surface area contributed by atoms with Gasteiger partial charge < -0.3 is 5.32 Å². The van der Waals surface area contributed by atoms with Gasteiger partial charge in [-0.2, -0.15) is 0 Å². The Balaban J connectivity index is 3.11. The number of hydrogen-bond acceptors (Lipinski definition) is 1. The van der Waals surface area contributed by atoms with E-state index >= 15 is 0 Å². The maximum Gasteiger partial charge on any atom is 0.00276 e. The smallest absolute Gasteiger partial charge is 0.00276 e. The summed E-state index contributed by atoms with van der Waals surface area (Å²) in [6, 6.07) is 6.87. The third-order valence-corrected chi connectivity index (χ3v) is 9.96. The molecule has 0 amide bonds. The zero-order valence-corrected chi connectivity index (χ0v) is 26.5.